The number of Topliss-reactive ketones (excluding diaryl/α,β-unsaturated/α-hetero) is 1. The van der Waals surface area contributed by atoms with Crippen molar-refractivity contribution in [2.24, 2.45) is 0 Å². The summed E-state index contributed by atoms with van der Waals surface area (Å²) < 4.78 is 1.44. The summed E-state index contributed by atoms with van der Waals surface area (Å²) in [5.74, 6) is -0.0676. The number of H-pyrrole nitrogens is 1. The number of ketones is 1. The lowest BCUT2D eigenvalue weighted by Gasteiger charge is -2.05. The van der Waals surface area contributed by atoms with Gasteiger partial charge in [-0.1, -0.05) is 0 Å². The predicted octanol–water partition coefficient (Wildman–Crippen LogP) is 2.77. The minimum absolute atomic E-state index is 0.0323. The van der Waals surface area contributed by atoms with Crippen molar-refractivity contribution in [3.8, 4) is 0 Å². The lowest BCUT2D eigenvalue weighted by Crippen LogP contribution is -2.25. The lowest BCUT2D eigenvalue weighted by atomic mass is 10.1. The Balaban J connectivity index is 1.75. The molecule has 3 heterocycles. The van der Waals surface area contributed by atoms with Crippen LogP contribution < -0.4 is 5.56 Å². The maximum Gasteiger partial charge on any atom is 0.262 e. The van der Waals surface area contributed by atoms with E-state index in [0.717, 1.165) is 46.4 Å². The third-order valence-corrected chi connectivity index (χ3v) is 5.66. The van der Waals surface area contributed by atoms with Gasteiger partial charge in [-0.25, -0.2) is 4.98 Å². The number of nitrogens with one attached hydrogen (secondary N) is 1. The van der Waals surface area contributed by atoms with Crippen LogP contribution in [0.5, 0.6) is 0 Å². The molecule has 6 heteroatoms. The minimum Gasteiger partial charge on any atom is -0.362 e. The molecule has 0 fully saturated rings. The van der Waals surface area contributed by atoms with Crippen molar-refractivity contribution in [1.82, 2.24) is 14.5 Å². The van der Waals surface area contributed by atoms with Crippen molar-refractivity contribution >= 4 is 27.3 Å². The van der Waals surface area contributed by atoms with Gasteiger partial charge in [0.05, 0.1) is 18.3 Å². The molecule has 0 amide bonds. The summed E-state index contributed by atoms with van der Waals surface area (Å²) in [4.78, 5) is 34.9. The molecule has 4 rings (SSSR count). The smallest absolute Gasteiger partial charge is 0.262 e. The van der Waals surface area contributed by atoms with E-state index in [1.165, 1.54) is 15.8 Å². The molecule has 0 spiro atoms. The van der Waals surface area contributed by atoms with E-state index < -0.39 is 0 Å². The van der Waals surface area contributed by atoms with Gasteiger partial charge in [-0.3, -0.25) is 14.2 Å². The van der Waals surface area contributed by atoms with Gasteiger partial charge in [0.15, 0.2) is 5.78 Å². The number of fused-ring (bicyclic) bond motifs is 3. The van der Waals surface area contributed by atoms with Gasteiger partial charge in [0, 0.05) is 21.8 Å². The molecule has 1 aliphatic carbocycles. The fourth-order valence-corrected chi connectivity index (χ4v) is 4.61. The second-order valence-corrected chi connectivity index (χ2v) is 7.21. The van der Waals surface area contributed by atoms with Crippen LogP contribution in [0.2, 0.25) is 0 Å². The van der Waals surface area contributed by atoms with Crippen molar-refractivity contribution in [2.45, 2.75) is 39.7 Å². The van der Waals surface area contributed by atoms with Gasteiger partial charge in [0.1, 0.15) is 4.83 Å². The highest BCUT2D eigenvalue weighted by atomic mass is 32.1. The Morgan fingerprint density at radius 1 is 1.39 bits per heavy atom. The van der Waals surface area contributed by atoms with Crippen molar-refractivity contribution in [1.29, 1.82) is 0 Å². The largest absolute Gasteiger partial charge is 0.362 e. The number of carbonyl (C=O) groups is 1. The highest BCUT2D eigenvalue weighted by molar-refractivity contribution is 7.18. The number of aryl methyl sites for hydroxylation is 4. The first-order valence-electron chi connectivity index (χ1n) is 7.73. The summed E-state index contributed by atoms with van der Waals surface area (Å²) in [5, 5.41) is 0.722. The van der Waals surface area contributed by atoms with Gasteiger partial charge >= 0.3 is 0 Å². The molecule has 23 heavy (non-hydrogen) atoms. The molecule has 0 aromatic carbocycles. The molecule has 5 nitrogen and oxygen atoms in total. The van der Waals surface area contributed by atoms with E-state index in [-0.39, 0.29) is 17.9 Å². The molecule has 0 unspecified atom stereocenters. The van der Waals surface area contributed by atoms with Crippen LogP contribution in [0, 0.1) is 13.8 Å². The molecule has 0 aliphatic heterocycles. The summed E-state index contributed by atoms with van der Waals surface area (Å²) in [6.45, 7) is 3.82. The number of hydrogen-bond donors (Lipinski definition) is 1. The number of aromatic nitrogens is 3. The molecule has 0 saturated heterocycles. The average Bonchev–Trinajstić information content (AvgIpc) is 3.15. The second-order valence-electron chi connectivity index (χ2n) is 6.13. The third-order valence-electron chi connectivity index (χ3n) is 4.46. The van der Waals surface area contributed by atoms with E-state index in [9.17, 15) is 9.59 Å². The normalized spacial score (nSPS) is 13.7. The van der Waals surface area contributed by atoms with Gasteiger partial charge in [0.25, 0.3) is 5.56 Å². The van der Waals surface area contributed by atoms with Crippen LogP contribution in [0.1, 0.15) is 38.6 Å². The molecule has 0 atom stereocenters. The Morgan fingerprint density at radius 2 is 2.22 bits per heavy atom. The molecular weight excluding hydrogens is 310 g/mol. The molecule has 0 radical (unpaired) electrons. The predicted molar refractivity (Wildman–Crippen MR) is 90.5 cm³/mol. The zero-order chi connectivity index (χ0) is 16.1. The topological polar surface area (TPSA) is 67.8 Å². The molecule has 0 saturated carbocycles. The first-order chi connectivity index (χ1) is 11.0. The first-order valence-corrected chi connectivity index (χ1v) is 8.55. The van der Waals surface area contributed by atoms with E-state index in [0.29, 0.717) is 5.56 Å². The molecule has 1 N–H and O–H groups in total. The number of aromatic amines is 1. The highest BCUT2D eigenvalue weighted by Gasteiger charge is 2.22. The summed E-state index contributed by atoms with van der Waals surface area (Å²) in [6, 6.07) is 1.83. The Bertz CT molecular complexity index is 993. The molecular formula is C17H17N3O2S. The van der Waals surface area contributed by atoms with E-state index >= 15 is 0 Å². The van der Waals surface area contributed by atoms with Crippen molar-refractivity contribution in [3.05, 3.63) is 50.1 Å². The van der Waals surface area contributed by atoms with Crippen LogP contribution in [-0.4, -0.2) is 20.3 Å². The van der Waals surface area contributed by atoms with Crippen LogP contribution in [0.4, 0.5) is 0 Å². The quantitative estimate of drug-likeness (QED) is 0.752. The van der Waals surface area contributed by atoms with Crippen molar-refractivity contribution in [3.63, 3.8) is 0 Å². The van der Waals surface area contributed by atoms with Crippen LogP contribution in [-0.2, 0) is 19.4 Å². The summed E-state index contributed by atoms with van der Waals surface area (Å²) in [6.07, 6.45) is 4.59. The number of carbonyl (C=O) groups excluding carboxylic acids is 1. The van der Waals surface area contributed by atoms with Crippen LogP contribution >= 0.6 is 11.3 Å². The number of nitrogens with zero attached hydrogens (tertiary/aromatic N) is 2. The maximum absolute atomic E-state index is 12.8. The third kappa shape index (κ3) is 2.25. The Morgan fingerprint density at radius 3 is 2.96 bits per heavy atom. The molecule has 1 aliphatic rings. The average molecular weight is 327 g/mol. The minimum atomic E-state index is -0.0901. The van der Waals surface area contributed by atoms with Gasteiger partial charge in [-0.15, -0.1) is 11.3 Å². The Labute approximate surface area is 137 Å². The van der Waals surface area contributed by atoms with Gasteiger partial charge in [-0.05, 0) is 44.7 Å². The summed E-state index contributed by atoms with van der Waals surface area (Å²) in [5.41, 5.74) is 3.49. The van der Waals surface area contributed by atoms with Crippen LogP contribution in [0.3, 0.4) is 0 Å². The van der Waals surface area contributed by atoms with Crippen LogP contribution in [0.25, 0.3) is 10.2 Å². The fraction of sp³-hybridized carbons (Fsp3) is 0.353. The molecule has 3 aromatic rings. The molecule has 118 valence electrons. The highest BCUT2D eigenvalue weighted by Crippen LogP contribution is 2.34. The van der Waals surface area contributed by atoms with Crippen LogP contribution in [0.15, 0.2) is 17.2 Å². The summed E-state index contributed by atoms with van der Waals surface area (Å²) in [7, 11) is 0. The van der Waals surface area contributed by atoms with Gasteiger partial charge < -0.3 is 4.98 Å². The Hall–Kier alpha value is -2.21. The summed E-state index contributed by atoms with van der Waals surface area (Å²) >= 11 is 1.62. The number of rotatable bonds is 3. The second kappa shape index (κ2) is 5.16. The monoisotopic (exact) mass is 327 g/mol. The standard InChI is InChI=1S/C17H17N3O2S/c1-9-6-12(10(2)19-9)13(21)7-20-8-18-16-15(17(20)22)11-4-3-5-14(11)23-16/h6,8,19H,3-5,7H2,1-2H3. The maximum atomic E-state index is 12.8. The van der Waals surface area contributed by atoms with Gasteiger partial charge in [-0.2, -0.15) is 0 Å². The fourth-order valence-electron chi connectivity index (χ4n) is 3.39. The zero-order valence-electron chi connectivity index (χ0n) is 13.1. The van der Waals surface area contributed by atoms with Crippen molar-refractivity contribution < 1.29 is 4.79 Å². The lowest BCUT2D eigenvalue weighted by molar-refractivity contribution is 0.0970. The van der Waals surface area contributed by atoms with Crippen molar-refractivity contribution in [2.75, 3.05) is 0 Å². The molecule has 0 bridgehead atoms. The molecule has 3 aromatic heterocycles. The Kier molecular flexibility index (Phi) is 3.23. The van der Waals surface area contributed by atoms with E-state index in [1.807, 2.05) is 19.9 Å². The first kappa shape index (κ1) is 14.4. The van der Waals surface area contributed by atoms with E-state index in [4.69, 9.17) is 0 Å². The number of hydrogen-bond acceptors (Lipinski definition) is 4. The van der Waals surface area contributed by atoms with E-state index in [2.05, 4.69) is 9.97 Å². The number of thiophene rings is 1. The van der Waals surface area contributed by atoms with Gasteiger partial charge in [0.2, 0.25) is 0 Å². The SMILES string of the molecule is Cc1cc(C(=O)Cn2cnc3sc4c(c3c2=O)CCC4)c(C)[nH]1. The zero-order valence-corrected chi connectivity index (χ0v) is 13.9. The van der Waals surface area contributed by atoms with E-state index in [1.54, 1.807) is 11.3 Å².